The molecule has 2 amide bonds. The van der Waals surface area contributed by atoms with Gasteiger partial charge in [0.1, 0.15) is 0 Å². The summed E-state index contributed by atoms with van der Waals surface area (Å²) in [6, 6.07) is 17.3. The molecule has 2 N–H and O–H groups in total. The van der Waals surface area contributed by atoms with E-state index in [9.17, 15) is 9.59 Å². The molecule has 0 radical (unpaired) electrons. The maximum atomic E-state index is 12.6. The van der Waals surface area contributed by atoms with Crippen LogP contribution >= 0.6 is 0 Å². The molecule has 7 nitrogen and oxygen atoms in total. The number of fused-ring (bicyclic) bond motifs is 1. The number of nitrogens with one attached hydrogen (secondary N) is 2. The summed E-state index contributed by atoms with van der Waals surface area (Å²) in [6.45, 7) is 3.02. The Labute approximate surface area is 175 Å². The summed E-state index contributed by atoms with van der Waals surface area (Å²) < 4.78 is 0. The number of carbonyl (C=O) groups excluding carboxylic acids is 2. The summed E-state index contributed by atoms with van der Waals surface area (Å²) in [5.41, 5.74) is 3.93. The van der Waals surface area contributed by atoms with E-state index in [2.05, 4.69) is 20.6 Å². The van der Waals surface area contributed by atoms with Crippen LogP contribution in [0, 0.1) is 6.92 Å². The van der Waals surface area contributed by atoms with Crippen LogP contribution in [0.15, 0.2) is 60.8 Å². The minimum absolute atomic E-state index is 0.0590. The Morgan fingerprint density at radius 3 is 2.80 bits per heavy atom. The van der Waals surface area contributed by atoms with Gasteiger partial charge < -0.3 is 15.5 Å². The van der Waals surface area contributed by atoms with E-state index in [0.29, 0.717) is 36.6 Å². The van der Waals surface area contributed by atoms with Gasteiger partial charge in [0.15, 0.2) is 5.82 Å². The van der Waals surface area contributed by atoms with E-state index in [1.54, 1.807) is 11.0 Å². The lowest BCUT2D eigenvalue weighted by Crippen LogP contribution is -2.40. The topological polar surface area (TPSA) is 87.2 Å². The maximum Gasteiger partial charge on any atom is 0.252 e. The van der Waals surface area contributed by atoms with Crippen LogP contribution in [0.4, 0.5) is 11.5 Å². The van der Waals surface area contributed by atoms with Crippen LogP contribution < -0.4 is 15.5 Å². The number of anilines is 2. The molecule has 1 aromatic carbocycles. The van der Waals surface area contributed by atoms with Gasteiger partial charge in [0.25, 0.3) is 5.91 Å². The minimum Gasteiger partial charge on any atom is -0.359 e. The van der Waals surface area contributed by atoms with Gasteiger partial charge in [0, 0.05) is 30.6 Å². The molecule has 0 unspecified atom stereocenters. The van der Waals surface area contributed by atoms with Gasteiger partial charge in [-0.25, -0.2) is 4.98 Å². The second kappa shape index (κ2) is 8.73. The van der Waals surface area contributed by atoms with Gasteiger partial charge in [-0.05, 0) is 30.7 Å². The highest BCUT2D eigenvalue weighted by Gasteiger charge is 2.26. The van der Waals surface area contributed by atoms with Gasteiger partial charge in [-0.3, -0.25) is 14.6 Å². The number of aromatic nitrogens is 2. The van der Waals surface area contributed by atoms with Gasteiger partial charge in [-0.2, -0.15) is 0 Å². The van der Waals surface area contributed by atoms with Crippen molar-refractivity contribution in [1.82, 2.24) is 15.3 Å². The Morgan fingerprint density at radius 1 is 1.17 bits per heavy atom. The van der Waals surface area contributed by atoms with Gasteiger partial charge in [0.05, 0.1) is 24.3 Å². The molecular weight excluding hydrogens is 378 g/mol. The maximum absolute atomic E-state index is 12.6. The average molecular weight is 401 g/mol. The van der Waals surface area contributed by atoms with Gasteiger partial charge in [0.2, 0.25) is 5.91 Å². The number of rotatable bonds is 6. The monoisotopic (exact) mass is 401 g/mol. The number of hydrogen-bond donors (Lipinski definition) is 2. The predicted molar refractivity (Wildman–Crippen MR) is 115 cm³/mol. The molecule has 30 heavy (non-hydrogen) atoms. The van der Waals surface area contributed by atoms with E-state index >= 15 is 0 Å². The number of aryl methyl sites for hydroxylation is 1. The van der Waals surface area contributed by atoms with Crippen molar-refractivity contribution in [2.75, 3.05) is 23.3 Å². The summed E-state index contributed by atoms with van der Waals surface area (Å²) in [5, 5.41) is 5.93. The van der Waals surface area contributed by atoms with Crippen LogP contribution in [0.1, 0.15) is 27.3 Å². The lowest BCUT2D eigenvalue weighted by Gasteiger charge is -2.29. The van der Waals surface area contributed by atoms with Crippen molar-refractivity contribution >= 4 is 23.3 Å². The first kappa shape index (κ1) is 19.6. The number of benzene rings is 1. The number of pyridine rings is 2. The fourth-order valence-electron chi connectivity index (χ4n) is 3.39. The molecule has 0 fully saturated rings. The molecule has 7 heteroatoms. The number of nitrogens with zero attached hydrogens (tertiary/aromatic N) is 3. The normalized spacial score (nSPS) is 12.8. The van der Waals surface area contributed by atoms with E-state index < -0.39 is 0 Å². The first-order valence-electron chi connectivity index (χ1n) is 9.89. The molecular formula is C23H23N5O2. The zero-order chi connectivity index (χ0) is 20.9. The number of carbonyl (C=O) groups is 2. The third-order valence-corrected chi connectivity index (χ3v) is 4.92. The fraction of sp³-hybridized carbons (Fsp3) is 0.217. The molecule has 152 valence electrons. The zero-order valence-electron chi connectivity index (χ0n) is 16.8. The van der Waals surface area contributed by atoms with Crippen LogP contribution in [0.2, 0.25) is 0 Å². The van der Waals surface area contributed by atoms with Gasteiger partial charge in [-0.15, -0.1) is 0 Å². The van der Waals surface area contributed by atoms with Crippen LogP contribution in [0.25, 0.3) is 0 Å². The zero-order valence-corrected chi connectivity index (χ0v) is 16.8. The molecule has 0 saturated carbocycles. The van der Waals surface area contributed by atoms with Crippen molar-refractivity contribution in [2.45, 2.75) is 19.9 Å². The van der Waals surface area contributed by atoms with Crippen molar-refractivity contribution in [2.24, 2.45) is 0 Å². The Morgan fingerprint density at radius 2 is 2.00 bits per heavy atom. The average Bonchev–Trinajstić information content (AvgIpc) is 2.76. The van der Waals surface area contributed by atoms with Gasteiger partial charge >= 0.3 is 0 Å². The standard InChI is InChI=1S/C23H23N5O2/c1-16-6-5-9-19(27-16)10-11-24-23(30)18-12-20-22(25-13-18)26-14-21(29)28(20)15-17-7-3-2-4-8-17/h2-9,12-13H,10-11,14-15H2,1H3,(H,24,30)(H,25,26). The smallest absolute Gasteiger partial charge is 0.252 e. The SMILES string of the molecule is Cc1cccc(CCNC(=O)c2cnc3c(c2)N(Cc2ccccc2)C(=O)CN3)n1. The molecule has 0 atom stereocenters. The summed E-state index contributed by atoms with van der Waals surface area (Å²) in [5.74, 6) is 0.318. The predicted octanol–water partition coefficient (Wildman–Crippen LogP) is 2.72. The summed E-state index contributed by atoms with van der Waals surface area (Å²) in [7, 11) is 0. The van der Waals surface area contributed by atoms with Crippen LogP contribution in [-0.2, 0) is 17.8 Å². The largest absolute Gasteiger partial charge is 0.359 e. The van der Waals surface area contributed by atoms with Crippen molar-refractivity contribution in [1.29, 1.82) is 0 Å². The van der Waals surface area contributed by atoms with Crippen molar-refractivity contribution < 1.29 is 9.59 Å². The molecule has 2 aromatic heterocycles. The molecule has 0 bridgehead atoms. The lowest BCUT2D eigenvalue weighted by atomic mass is 10.1. The second-order valence-electron chi connectivity index (χ2n) is 7.19. The molecule has 3 aromatic rings. The third-order valence-electron chi connectivity index (χ3n) is 4.92. The Bertz CT molecular complexity index is 1070. The fourth-order valence-corrected chi connectivity index (χ4v) is 3.39. The molecule has 0 spiro atoms. The molecule has 3 heterocycles. The van der Waals surface area contributed by atoms with Crippen molar-refractivity contribution in [3.05, 3.63) is 83.3 Å². The Balaban J connectivity index is 1.47. The summed E-state index contributed by atoms with van der Waals surface area (Å²) in [4.78, 5) is 35.6. The van der Waals surface area contributed by atoms with Crippen LogP contribution in [0.5, 0.6) is 0 Å². The molecule has 0 saturated heterocycles. The van der Waals surface area contributed by atoms with Crippen molar-refractivity contribution in [3.8, 4) is 0 Å². The van der Waals surface area contributed by atoms with Crippen molar-refractivity contribution in [3.63, 3.8) is 0 Å². The quantitative estimate of drug-likeness (QED) is 0.663. The number of hydrogen-bond acceptors (Lipinski definition) is 5. The Hall–Kier alpha value is -3.74. The number of amides is 2. The van der Waals surface area contributed by atoms with Gasteiger partial charge in [-0.1, -0.05) is 36.4 Å². The first-order chi connectivity index (χ1) is 14.6. The highest BCUT2D eigenvalue weighted by Crippen LogP contribution is 2.29. The molecule has 1 aliphatic heterocycles. The van der Waals surface area contributed by atoms with E-state index in [1.165, 1.54) is 6.20 Å². The molecule has 4 rings (SSSR count). The highest BCUT2D eigenvalue weighted by molar-refractivity contribution is 6.04. The van der Waals surface area contributed by atoms with Crippen LogP contribution in [-0.4, -0.2) is 34.9 Å². The minimum atomic E-state index is -0.226. The van der Waals surface area contributed by atoms with E-state index in [1.807, 2.05) is 55.5 Å². The van der Waals surface area contributed by atoms with E-state index in [4.69, 9.17) is 0 Å². The van der Waals surface area contributed by atoms with E-state index in [-0.39, 0.29) is 18.4 Å². The Kier molecular flexibility index (Phi) is 5.70. The van der Waals surface area contributed by atoms with Crippen LogP contribution in [0.3, 0.4) is 0 Å². The third kappa shape index (κ3) is 4.46. The first-order valence-corrected chi connectivity index (χ1v) is 9.89. The summed E-state index contributed by atoms with van der Waals surface area (Å²) in [6.07, 6.45) is 2.18. The highest BCUT2D eigenvalue weighted by atomic mass is 16.2. The lowest BCUT2D eigenvalue weighted by molar-refractivity contribution is -0.117. The summed E-state index contributed by atoms with van der Waals surface area (Å²) >= 11 is 0. The molecule has 1 aliphatic rings. The second-order valence-corrected chi connectivity index (χ2v) is 7.19. The molecule has 0 aliphatic carbocycles. The van der Waals surface area contributed by atoms with E-state index in [0.717, 1.165) is 17.0 Å².